The first-order chi connectivity index (χ1) is 25.7. The molecule has 0 radical (unpaired) electrons. The van der Waals surface area contributed by atoms with Crippen LogP contribution < -0.4 is 0 Å². The predicted molar refractivity (Wildman–Crippen MR) is 230 cm³/mol. The molecule has 0 saturated heterocycles. The maximum atomic E-state index is 12.9. The van der Waals surface area contributed by atoms with E-state index in [1.165, 1.54) is 173 Å². The average Bonchev–Trinajstić information content (AvgIpc) is 3.49. The summed E-state index contributed by atoms with van der Waals surface area (Å²) in [4.78, 5) is 12.9. The first-order valence-corrected chi connectivity index (χ1v) is 24.2. The number of hydrogen-bond acceptors (Lipinski definition) is 2. The molecule has 4 rings (SSSR count). The zero-order valence-corrected chi connectivity index (χ0v) is 36.5. The van der Waals surface area contributed by atoms with Crippen LogP contribution >= 0.6 is 0 Å². The number of rotatable bonds is 27. The van der Waals surface area contributed by atoms with Gasteiger partial charge in [0.15, 0.2) is 0 Å². The van der Waals surface area contributed by atoms with Crippen molar-refractivity contribution in [3.8, 4) is 0 Å². The molecule has 2 nitrogen and oxygen atoms in total. The average molecular weight is 735 g/mol. The Kier molecular flexibility index (Phi) is 20.1. The normalized spacial score (nSPS) is 30.2. The Morgan fingerprint density at radius 1 is 0.717 bits per heavy atom. The first kappa shape index (κ1) is 44.7. The van der Waals surface area contributed by atoms with Crippen molar-refractivity contribution in [1.82, 2.24) is 0 Å². The standard InChI is InChI=1S/C51H90O2/c1-7-8-9-10-11-12-13-14-15-16-17-18-19-20-21-22-23-24-25-26-27-31-49(52)53-44-36-38-50(5)43(40-44)32-33-45-47-35-34-46(42(4)30-28-29-41(2)3)51(47,6)39-37-48(45)50/h14-15,32,41-42,44-48H,7-13,16-31,33-40H2,1-6H3/b15-14+. The summed E-state index contributed by atoms with van der Waals surface area (Å²) in [5, 5.41) is 0. The minimum Gasteiger partial charge on any atom is -0.462 e. The van der Waals surface area contributed by atoms with Gasteiger partial charge in [-0.3, -0.25) is 4.79 Å². The highest BCUT2D eigenvalue weighted by molar-refractivity contribution is 5.69. The van der Waals surface area contributed by atoms with Gasteiger partial charge >= 0.3 is 5.97 Å². The van der Waals surface area contributed by atoms with E-state index in [2.05, 4.69) is 59.8 Å². The highest BCUT2D eigenvalue weighted by Crippen LogP contribution is 2.67. The molecule has 8 unspecified atom stereocenters. The van der Waals surface area contributed by atoms with Crippen LogP contribution in [0.1, 0.15) is 241 Å². The van der Waals surface area contributed by atoms with Crippen molar-refractivity contribution in [3.63, 3.8) is 0 Å². The number of esters is 1. The van der Waals surface area contributed by atoms with E-state index >= 15 is 0 Å². The van der Waals surface area contributed by atoms with Gasteiger partial charge in [0.1, 0.15) is 6.10 Å². The molecule has 0 heterocycles. The van der Waals surface area contributed by atoms with Gasteiger partial charge in [-0.05, 0) is 123 Å². The molecule has 2 heteroatoms. The highest BCUT2D eigenvalue weighted by atomic mass is 16.5. The zero-order chi connectivity index (χ0) is 37.9. The minimum atomic E-state index is 0.0640. The van der Waals surface area contributed by atoms with E-state index in [-0.39, 0.29) is 12.1 Å². The molecule has 0 aromatic carbocycles. The third kappa shape index (κ3) is 13.8. The van der Waals surface area contributed by atoms with E-state index in [1.807, 2.05) is 0 Å². The van der Waals surface area contributed by atoms with Crippen molar-refractivity contribution < 1.29 is 9.53 Å². The van der Waals surface area contributed by atoms with Crippen LogP contribution in [0.4, 0.5) is 0 Å². The van der Waals surface area contributed by atoms with E-state index in [0.29, 0.717) is 17.3 Å². The van der Waals surface area contributed by atoms with E-state index in [9.17, 15) is 4.79 Å². The van der Waals surface area contributed by atoms with E-state index in [4.69, 9.17) is 4.74 Å². The summed E-state index contributed by atoms with van der Waals surface area (Å²) >= 11 is 0. The lowest BCUT2D eigenvalue weighted by Gasteiger charge is -2.58. The molecule has 0 aliphatic heterocycles. The van der Waals surface area contributed by atoms with E-state index in [1.54, 1.807) is 5.57 Å². The molecule has 4 aliphatic carbocycles. The second-order valence-electron chi connectivity index (χ2n) is 20.1. The van der Waals surface area contributed by atoms with Gasteiger partial charge in [-0.2, -0.15) is 0 Å². The van der Waals surface area contributed by atoms with Crippen molar-refractivity contribution in [2.75, 3.05) is 0 Å². The molecule has 4 aliphatic rings. The molecular formula is C51H90O2. The van der Waals surface area contributed by atoms with Crippen LogP contribution in [0.5, 0.6) is 0 Å². The summed E-state index contributed by atoms with van der Waals surface area (Å²) in [5.74, 6) is 5.33. The van der Waals surface area contributed by atoms with Gasteiger partial charge in [0, 0.05) is 12.8 Å². The second kappa shape index (κ2) is 23.9. The van der Waals surface area contributed by atoms with Crippen LogP contribution in [0, 0.1) is 46.3 Å². The fraction of sp³-hybridized carbons (Fsp3) is 0.902. The molecule has 8 atom stereocenters. The molecular weight excluding hydrogens is 645 g/mol. The Bertz CT molecular complexity index is 1070. The fourth-order valence-electron chi connectivity index (χ4n) is 12.4. The highest BCUT2D eigenvalue weighted by Gasteiger charge is 2.59. The van der Waals surface area contributed by atoms with E-state index in [0.717, 1.165) is 54.8 Å². The quantitative estimate of drug-likeness (QED) is 0.0477. The smallest absolute Gasteiger partial charge is 0.306 e. The number of fused-ring (bicyclic) bond motifs is 5. The van der Waals surface area contributed by atoms with Gasteiger partial charge in [-0.25, -0.2) is 0 Å². The third-order valence-corrected chi connectivity index (χ3v) is 15.7. The minimum absolute atomic E-state index is 0.0640. The summed E-state index contributed by atoms with van der Waals surface area (Å²) in [5.41, 5.74) is 2.53. The third-order valence-electron chi connectivity index (χ3n) is 15.7. The Labute approximate surface area is 331 Å². The number of unbranched alkanes of at least 4 members (excludes halogenated alkanes) is 17. The van der Waals surface area contributed by atoms with Gasteiger partial charge in [0.05, 0.1) is 0 Å². The SMILES string of the molecule is CCCCCCCC/C=C/CCCCCCCCCCCCCC(=O)OC1CCC2(C)C(=CCC3C2CCC2(C)C(C(C)CCCC(C)C)CCC32)C1. The Morgan fingerprint density at radius 3 is 1.94 bits per heavy atom. The van der Waals surface area contributed by atoms with Gasteiger partial charge in [-0.1, -0.05) is 174 Å². The molecule has 0 spiro atoms. The number of hydrogen-bond donors (Lipinski definition) is 0. The van der Waals surface area contributed by atoms with Crippen LogP contribution in [0.3, 0.4) is 0 Å². The summed E-state index contributed by atoms with van der Waals surface area (Å²) in [6.07, 6.45) is 48.3. The zero-order valence-electron chi connectivity index (χ0n) is 36.5. The van der Waals surface area contributed by atoms with Crippen molar-refractivity contribution in [1.29, 1.82) is 0 Å². The number of carbonyl (C=O) groups is 1. The van der Waals surface area contributed by atoms with Gasteiger partial charge < -0.3 is 4.74 Å². The van der Waals surface area contributed by atoms with E-state index < -0.39 is 0 Å². The monoisotopic (exact) mass is 735 g/mol. The molecule has 3 fully saturated rings. The van der Waals surface area contributed by atoms with Gasteiger partial charge in [-0.15, -0.1) is 0 Å². The molecule has 3 saturated carbocycles. The Morgan fingerprint density at radius 2 is 1.32 bits per heavy atom. The molecule has 53 heavy (non-hydrogen) atoms. The Hall–Kier alpha value is -1.05. The number of ether oxygens (including phenoxy) is 1. The summed E-state index contributed by atoms with van der Waals surface area (Å²) < 4.78 is 6.15. The maximum absolute atomic E-state index is 12.9. The summed E-state index contributed by atoms with van der Waals surface area (Å²) in [7, 11) is 0. The number of carbonyl (C=O) groups excluding carboxylic acids is 1. The van der Waals surface area contributed by atoms with Crippen molar-refractivity contribution in [2.24, 2.45) is 46.3 Å². The molecule has 0 aromatic rings. The molecule has 0 bridgehead atoms. The summed E-state index contributed by atoms with van der Waals surface area (Å²) in [6, 6.07) is 0. The lowest BCUT2D eigenvalue weighted by molar-refractivity contribution is -0.151. The predicted octanol–water partition coefficient (Wildman–Crippen LogP) is 16.3. The first-order valence-electron chi connectivity index (χ1n) is 24.2. The van der Waals surface area contributed by atoms with Crippen molar-refractivity contribution in [2.45, 2.75) is 247 Å². The molecule has 0 N–H and O–H groups in total. The van der Waals surface area contributed by atoms with Crippen LogP contribution in [0.15, 0.2) is 23.8 Å². The molecule has 0 amide bonds. The van der Waals surface area contributed by atoms with Crippen LogP contribution in [-0.4, -0.2) is 12.1 Å². The van der Waals surface area contributed by atoms with Gasteiger partial charge in [0.25, 0.3) is 0 Å². The second-order valence-corrected chi connectivity index (χ2v) is 20.1. The Balaban J connectivity index is 1.01. The van der Waals surface area contributed by atoms with Crippen molar-refractivity contribution >= 4 is 5.97 Å². The van der Waals surface area contributed by atoms with Crippen LogP contribution in [-0.2, 0) is 9.53 Å². The van der Waals surface area contributed by atoms with Crippen LogP contribution in [0.2, 0.25) is 0 Å². The topological polar surface area (TPSA) is 26.3 Å². The number of allylic oxidation sites excluding steroid dienone is 3. The summed E-state index contributed by atoms with van der Waals surface area (Å²) in [6.45, 7) is 15.0. The lowest BCUT2D eigenvalue weighted by Crippen LogP contribution is -2.51. The molecule has 306 valence electrons. The lowest BCUT2D eigenvalue weighted by atomic mass is 9.47. The van der Waals surface area contributed by atoms with Crippen molar-refractivity contribution in [3.05, 3.63) is 23.8 Å². The fourth-order valence-corrected chi connectivity index (χ4v) is 12.4. The molecule has 0 aromatic heterocycles. The largest absolute Gasteiger partial charge is 0.462 e. The maximum Gasteiger partial charge on any atom is 0.306 e. The van der Waals surface area contributed by atoms with Gasteiger partial charge in [0.2, 0.25) is 0 Å². The van der Waals surface area contributed by atoms with Crippen LogP contribution in [0.25, 0.3) is 0 Å².